The van der Waals surface area contributed by atoms with Gasteiger partial charge >= 0.3 is 0 Å². The quantitative estimate of drug-likeness (QED) is 0.570. The third-order valence-electron chi connectivity index (χ3n) is 4.30. The normalized spacial score (nSPS) is 11.3. The highest BCUT2D eigenvalue weighted by Gasteiger charge is 2.15. The SMILES string of the molecule is CCn1c(Cn2ccnc2-c2ncccc2F)nc2ccc(C)cc21. The lowest BCUT2D eigenvalue weighted by Gasteiger charge is -2.10. The molecule has 126 valence electrons. The Kier molecular flexibility index (Phi) is 3.80. The van der Waals surface area contributed by atoms with Crippen molar-refractivity contribution in [2.75, 3.05) is 0 Å². The molecule has 4 aromatic rings. The van der Waals surface area contributed by atoms with Crippen LogP contribution in [0.1, 0.15) is 18.3 Å². The molecule has 0 saturated heterocycles. The molecule has 0 N–H and O–H groups in total. The van der Waals surface area contributed by atoms with Gasteiger partial charge in [0, 0.05) is 25.1 Å². The Hall–Kier alpha value is -3.02. The van der Waals surface area contributed by atoms with Gasteiger partial charge in [-0.05, 0) is 43.7 Å². The standard InChI is InChI=1S/C19H18FN5/c1-3-25-16-11-13(2)6-7-15(16)23-17(25)12-24-10-9-22-19(24)18-14(20)5-4-8-21-18/h4-11H,3,12H2,1-2H3. The fraction of sp³-hybridized carbons (Fsp3) is 0.211. The van der Waals surface area contributed by atoms with Crippen LogP contribution in [-0.2, 0) is 13.1 Å². The molecular weight excluding hydrogens is 317 g/mol. The Labute approximate surface area is 144 Å². The summed E-state index contributed by atoms with van der Waals surface area (Å²) in [6.07, 6.45) is 5.06. The lowest BCUT2D eigenvalue weighted by Crippen LogP contribution is -2.09. The van der Waals surface area contributed by atoms with E-state index >= 15 is 0 Å². The van der Waals surface area contributed by atoms with Crippen LogP contribution in [-0.4, -0.2) is 24.1 Å². The molecule has 0 aliphatic rings. The number of halogens is 1. The van der Waals surface area contributed by atoms with Gasteiger partial charge in [0.2, 0.25) is 0 Å². The largest absolute Gasteiger partial charge is 0.327 e. The van der Waals surface area contributed by atoms with Crippen LogP contribution in [0.2, 0.25) is 0 Å². The van der Waals surface area contributed by atoms with E-state index in [0.29, 0.717) is 12.4 Å². The summed E-state index contributed by atoms with van der Waals surface area (Å²) in [6.45, 7) is 5.49. The highest BCUT2D eigenvalue weighted by atomic mass is 19.1. The molecule has 0 amide bonds. The number of aromatic nitrogens is 5. The minimum atomic E-state index is -0.380. The summed E-state index contributed by atoms with van der Waals surface area (Å²) in [6, 6.07) is 9.21. The first kappa shape index (κ1) is 15.5. The van der Waals surface area contributed by atoms with Crippen LogP contribution in [0.5, 0.6) is 0 Å². The number of nitrogens with zero attached hydrogens (tertiary/aromatic N) is 5. The molecule has 25 heavy (non-hydrogen) atoms. The molecule has 0 unspecified atom stereocenters. The minimum absolute atomic E-state index is 0.252. The van der Waals surface area contributed by atoms with Gasteiger partial charge in [-0.1, -0.05) is 6.07 Å². The monoisotopic (exact) mass is 335 g/mol. The van der Waals surface area contributed by atoms with E-state index in [1.165, 1.54) is 11.6 Å². The van der Waals surface area contributed by atoms with Gasteiger partial charge < -0.3 is 9.13 Å². The number of hydrogen-bond acceptors (Lipinski definition) is 3. The zero-order chi connectivity index (χ0) is 17.4. The van der Waals surface area contributed by atoms with Gasteiger partial charge in [-0.3, -0.25) is 0 Å². The summed E-state index contributed by atoms with van der Waals surface area (Å²) in [5.41, 5.74) is 3.53. The van der Waals surface area contributed by atoms with Crippen LogP contribution in [0.4, 0.5) is 4.39 Å². The molecule has 6 heteroatoms. The van der Waals surface area contributed by atoms with Crippen molar-refractivity contribution < 1.29 is 4.39 Å². The zero-order valence-corrected chi connectivity index (χ0v) is 14.1. The smallest absolute Gasteiger partial charge is 0.162 e. The Balaban J connectivity index is 1.79. The Bertz CT molecular complexity index is 1050. The summed E-state index contributed by atoms with van der Waals surface area (Å²) in [4.78, 5) is 13.2. The second-order valence-electron chi connectivity index (χ2n) is 5.98. The average Bonchev–Trinajstić information content (AvgIpc) is 3.19. The number of fused-ring (bicyclic) bond motifs is 1. The first-order valence-electron chi connectivity index (χ1n) is 8.25. The van der Waals surface area contributed by atoms with Gasteiger partial charge in [0.25, 0.3) is 0 Å². The van der Waals surface area contributed by atoms with Crippen molar-refractivity contribution in [2.24, 2.45) is 0 Å². The molecule has 0 fully saturated rings. The number of hydrogen-bond donors (Lipinski definition) is 0. The van der Waals surface area contributed by atoms with Crippen LogP contribution in [0.15, 0.2) is 48.9 Å². The predicted molar refractivity (Wildman–Crippen MR) is 94.7 cm³/mol. The number of benzene rings is 1. The maximum absolute atomic E-state index is 14.1. The molecule has 0 spiro atoms. The maximum Gasteiger partial charge on any atom is 0.162 e. The molecule has 5 nitrogen and oxygen atoms in total. The number of imidazole rings is 2. The van der Waals surface area contributed by atoms with Crippen LogP contribution in [0.3, 0.4) is 0 Å². The minimum Gasteiger partial charge on any atom is -0.327 e. The highest BCUT2D eigenvalue weighted by Crippen LogP contribution is 2.22. The van der Waals surface area contributed by atoms with Crippen molar-refractivity contribution in [2.45, 2.75) is 26.9 Å². The van der Waals surface area contributed by atoms with Crippen LogP contribution >= 0.6 is 0 Å². The van der Waals surface area contributed by atoms with Crippen molar-refractivity contribution in [3.8, 4) is 11.5 Å². The van der Waals surface area contributed by atoms with Crippen molar-refractivity contribution in [1.29, 1.82) is 0 Å². The van der Waals surface area contributed by atoms with Gasteiger partial charge in [0.05, 0.1) is 17.6 Å². The molecule has 3 heterocycles. The first-order valence-corrected chi connectivity index (χ1v) is 8.25. The van der Waals surface area contributed by atoms with Crippen LogP contribution in [0, 0.1) is 12.7 Å². The highest BCUT2D eigenvalue weighted by molar-refractivity contribution is 5.77. The topological polar surface area (TPSA) is 48.5 Å². The van der Waals surface area contributed by atoms with Gasteiger partial charge in [-0.15, -0.1) is 0 Å². The molecule has 0 aliphatic heterocycles. The van der Waals surface area contributed by atoms with Crippen LogP contribution in [0.25, 0.3) is 22.6 Å². The predicted octanol–water partition coefficient (Wildman–Crippen LogP) is 3.81. The number of pyridine rings is 1. The average molecular weight is 335 g/mol. The van der Waals surface area contributed by atoms with E-state index in [2.05, 4.69) is 40.5 Å². The van der Waals surface area contributed by atoms with Crippen LogP contribution < -0.4 is 0 Å². The lowest BCUT2D eigenvalue weighted by atomic mass is 10.2. The van der Waals surface area contributed by atoms with Crippen molar-refractivity contribution in [3.05, 3.63) is 66.1 Å². The van der Waals surface area contributed by atoms with Crippen molar-refractivity contribution >= 4 is 11.0 Å². The van der Waals surface area contributed by atoms with Gasteiger partial charge in [-0.2, -0.15) is 0 Å². The van der Waals surface area contributed by atoms with E-state index in [1.807, 2.05) is 16.8 Å². The summed E-state index contributed by atoms with van der Waals surface area (Å²) in [5.74, 6) is 1.04. The maximum atomic E-state index is 14.1. The number of aryl methyl sites for hydroxylation is 2. The van der Waals surface area contributed by atoms with Crippen molar-refractivity contribution in [1.82, 2.24) is 24.1 Å². The van der Waals surface area contributed by atoms with E-state index in [0.717, 1.165) is 23.4 Å². The molecular formula is C19H18FN5. The van der Waals surface area contributed by atoms with E-state index in [1.54, 1.807) is 18.5 Å². The molecule has 0 bridgehead atoms. The van der Waals surface area contributed by atoms with Gasteiger partial charge in [-0.25, -0.2) is 19.3 Å². The van der Waals surface area contributed by atoms with Gasteiger partial charge in [0.15, 0.2) is 11.6 Å². The van der Waals surface area contributed by atoms with Gasteiger partial charge in [0.1, 0.15) is 11.5 Å². The molecule has 1 aromatic carbocycles. The third-order valence-corrected chi connectivity index (χ3v) is 4.30. The fourth-order valence-electron chi connectivity index (χ4n) is 3.11. The van der Waals surface area contributed by atoms with Crippen molar-refractivity contribution in [3.63, 3.8) is 0 Å². The summed E-state index contributed by atoms with van der Waals surface area (Å²) >= 11 is 0. The fourth-order valence-corrected chi connectivity index (χ4v) is 3.11. The molecule has 0 saturated carbocycles. The summed E-state index contributed by atoms with van der Waals surface area (Å²) in [7, 11) is 0. The number of rotatable bonds is 4. The Morgan fingerprint density at radius 3 is 2.80 bits per heavy atom. The van der Waals surface area contributed by atoms with E-state index < -0.39 is 0 Å². The van der Waals surface area contributed by atoms with E-state index in [4.69, 9.17) is 4.98 Å². The van der Waals surface area contributed by atoms with E-state index in [9.17, 15) is 4.39 Å². The Morgan fingerprint density at radius 2 is 2.00 bits per heavy atom. The second-order valence-corrected chi connectivity index (χ2v) is 5.98. The van der Waals surface area contributed by atoms with E-state index in [-0.39, 0.29) is 11.5 Å². The molecule has 4 rings (SSSR count). The zero-order valence-electron chi connectivity index (χ0n) is 14.1. The molecule has 0 radical (unpaired) electrons. The molecule has 3 aromatic heterocycles. The lowest BCUT2D eigenvalue weighted by molar-refractivity contribution is 0.618. The molecule has 0 aliphatic carbocycles. The second kappa shape index (κ2) is 6.12. The summed E-state index contributed by atoms with van der Waals surface area (Å²) in [5, 5.41) is 0. The molecule has 0 atom stereocenters. The summed E-state index contributed by atoms with van der Waals surface area (Å²) < 4.78 is 18.2. The Morgan fingerprint density at radius 1 is 1.12 bits per heavy atom. The third kappa shape index (κ3) is 2.69. The first-order chi connectivity index (χ1) is 12.2.